The van der Waals surface area contributed by atoms with E-state index in [1.54, 1.807) is 29.9 Å². The number of thioether (sulfide) groups is 1. The Morgan fingerprint density at radius 3 is 2.57 bits per heavy atom. The number of hydrogen-bond donors (Lipinski definition) is 0. The summed E-state index contributed by atoms with van der Waals surface area (Å²) in [5, 5.41) is 12.3. The molecule has 1 amide bonds. The molecule has 0 spiro atoms. The minimum absolute atomic E-state index is 0.127. The van der Waals surface area contributed by atoms with Crippen molar-refractivity contribution in [2.24, 2.45) is 0 Å². The Labute approximate surface area is 167 Å². The third-order valence-electron chi connectivity index (χ3n) is 4.36. The zero-order valence-corrected chi connectivity index (χ0v) is 16.9. The number of carbonyl (C=O) groups is 1. The lowest BCUT2D eigenvalue weighted by Gasteiger charge is -2.17. The van der Waals surface area contributed by atoms with Gasteiger partial charge in [0, 0.05) is 19.2 Å². The largest absolute Gasteiger partial charge is 0.341 e. The quantitative estimate of drug-likeness (QED) is 0.567. The molecule has 0 unspecified atom stereocenters. The molecule has 28 heavy (non-hydrogen) atoms. The van der Waals surface area contributed by atoms with Gasteiger partial charge < -0.3 is 4.90 Å². The highest BCUT2D eigenvalue weighted by atomic mass is 32.2. The number of benzene rings is 2. The van der Waals surface area contributed by atoms with Crippen LogP contribution in [-0.4, -0.2) is 43.8 Å². The predicted molar refractivity (Wildman–Crippen MR) is 107 cm³/mol. The van der Waals surface area contributed by atoms with Crippen molar-refractivity contribution in [1.82, 2.24) is 25.1 Å². The molecule has 0 saturated heterocycles. The number of amides is 1. The second kappa shape index (κ2) is 8.97. The maximum absolute atomic E-state index is 13.8. The van der Waals surface area contributed by atoms with Crippen LogP contribution in [0.1, 0.15) is 30.9 Å². The van der Waals surface area contributed by atoms with E-state index in [4.69, 9.17) is 0 Å². The maximum Gasteiger partial charge on any atom is 0.233 e. The zero-order valence-electron chi connectivity index (χ0n) is 16.0. The summed E-state index contributed by atoms with van der Waals surface area (Å²) in [5.74, 6) is 0.163. The number of rotatable bonds is 7. The summed E-state index contributed by atoms with van der Waals surface area (Å²) in [4.78, 5) is 13.9. The molecule has 0 radical (unpaired) electrons. The fraction of sp³-hybridized carbons (Fsp3) is 0.300. The molecule has 0 fully saturated rings. The SMILES string of the molecule is CC(C)c1ccc(-n2nnnc2SCC(=O)N(C)Cc2ccccc2F)cc1. The van der Waals surface area contributed by atoms with Crippen molar-refractivity contribution < 1.29 is 9.18 Å². The second-order valence-corrected chi connectivity index (χ2v) is 7.69. The fourth-order valence-corrected chi connectivity index (χ4v) is 3.47. The third kappa shape index (κ3) is 4.75. The first-order valence-corrected chi connectivity index (χ1v) is 9.93. The van der Waals surface area contributed by atoms with E-state index >= 15 is 0 Å². The lowest BCUT2D eigenvalue weighted by molar-refractivity contribution is -0.127. The standard InChI is InChI=1S/C20H22FN5OS/c1-14(2)15-8-10-17(11-9-15)26-20(22-23-24-26)28-13-19(27)25(3)12-16-6-4-5-7-18(16)21/h4-11,14H,12-13H2,1-3H3. The minimum atomic E-state index is -0.316. The van der Waals surface area contributed by atoms with Crippen LogP contribution in [-0.2, 0) is 11.3 Å². The van der Waals surface area contributed by atoms with Gasteiger partial charge in [0.15, 0.2) is 0 Å². The molecule has 3 rings (SSSR count). The molecular formula is C20H22FN5OS. The van der Waals surface area contributed by atoms with E-state index in [1.165, 1.54) is 28.3 Å². The highest BCUT2D eigenvalue weighted by Gasteiger charge is 2.15. The molecule has 146 valence electrons. The second-order valence-electron chi connectivity index (χ2n) is 6.75. The minimum Gasteiger partial charge on any atom is -0.341 e. The third-order valence-corrected chi connectivity index (χ3v) is 5.27. The number of tetrazole rings is 1. The summed E-state index contributed by atoms with van der Waals surface area (Å²) in [6, 6.07) is 14.5. The van der Waals surface area contributed by atoms with Crippen LogP contribution < -0.4 is 0 Å². The van der Waals surface area contributed by atoms with Crippen LogP contribution in [0.5, 0.6) is 0 Å². The molecule has 0 aliphatic heterocycles. The summed E-state index contributed by atoms with van der Waals surface area (Å²) in [6.07, 6.45) is 0. The summed E-state index contributed by atoms with van der Waals surface area (Å²) in [6.45, 7) is 4.49. The number of aromatic nitrogens is 4. The number of carbonyl (C=O) groups excluding carboxylic acids is 1. The highest BCUT2D eigenvalue weighted by molar-refractivity contribution is 7.99. The maximum atomic E-state index is 13.8. The lowest BCUT2D eigenvalue weighted by Crippen LogP contribution is -2.28. The molecule has 0 N–H and O–H groups in total. The molecule has 0 atom stereocenters. The molecule has 0 saturated carbocycles. The summed E-state index contributed by atoms with van der Waals surface area (Å²) in [5.41, 5.74) is 2.55. The van der Waals surface area contributed by atoms with Crippen molar-refractivity contribution in [3.05, 3.63) is 65.5 Å². The van der Waals surface area contributed by atoms with Crippen LogP contribution in [0.3, 0.4) is 0 Å². The van der Waals surface area contributed by atoms with Gasteiger partial charge in [-0.1, -0.05) is 55.9 Å². The Hall–Kier alpha value is -2.74. The van der Waals surface area contributed by atoms with Crippen LogP contribution in [0.15, 0.2) is 53.7 Å². The Bertz CT molecular complexity index is 942. The van der Waals surface area contributed by atoms with Gasteiger partial charge in [0.2, 0.25) is 11.1 Å². The average Bonchev–Trinajstić information content (AvgIpc) is 3.16. The Balaban J connectivity index is 1.63. The zero-order chi connectivity index (χ0) is 20.1. The molecule has 0 aliphatic carbocycles. The van der Waals surface area contributed by atoms with E-state index in [0.717, 1.165) is 5.69 Å². The Morgan fingerprint density at radius 1 is 1.18 bits per heavy atom. The molecule has 8 heteroatoms. The summed E-state index contributed by atoms with van der Waals surface area (Å²) in [7, 11) is 1.66. The molecule has 2 aromatic carbocycles. The number of nitrogens with zero attached hydrogens (tertiary/aromatic N) is 5. The number of hydrogen-bond acceptors (Lipinski definition) is 5. The molecule has 3 aromatic rings. The summed E-state index contributed by atoms with van der Waals surface area (Å²) < 4.78 is 15.4. The van der Waals surface area contributed by atoms with Crippen LogP contribution in [0.2, 0.25) is 0 Å². The van der Waals surface area contributed by atoms with Gasteiger partial charge >= 0.3 is 0 Å². The van der Waals surface area contributed by atoms with Gasteiger partial charge in [-0.3, -0.25) is 4.79 Å². The molecule has 0 bridgehead atoms. The topological polar surface area (TPSA) is 63.9 Å². The lowest BCUT2D eigenvalue weighted by atomic mass is 10.0. The van der Waals surface area contributed by atoms with Crippen molar-refractivity contribution in [1.29, 1.82) is 0 Å². The van der Waals surface area contributed by atoms with Crippen molar-refractivity contribution in [2.45, 2.75) is 31.5 Å². The van der Waals surface area contributed by atoms with Crippen LogP contribution in [0.25, 0.3) is 5.69 Å². The van der Waals surface area contributed by atoms with Gasteiger partial charge in [-0.15, -0.1) is 5.10 Å². The molecule has 1 heterocycles. The Kier molecular flexibility index (Phi) is 6.41. The average molecular weight is 399 g/mol. The predicted octanol–water partition coefficient (Wildman–Crippen LogP) is 3.68. The van der Waals surface area contributed by atoms with Gasteiger partial charge in [-0.25, -0.2) is 4.39 Å². The van der Waals surface area contributed by atoms with Gasteiger partial charge in [0.25, 0.3) is 0 Å². The van der Waals surface area contributed by atoms with Crippen molar-refractivity contribution in [3.8, 4) is 5.69 Å². The number of halogens is 1. The van der Waals surface area contributed by atoms with Crippen LogP contribution >= 0.6 is 11.8 Å². The van der Waals surface area contributed by atoms with Crippen molar-refractivity contribution >= 4 is 17.7 Å². The van der Waals surface area contributed by atoms with Gasteiger partial charge in [-0.2, -0.15) is 4.68 Å². The Morgan fingerprint density at radius 2 is 1.89 bits per heavy atom. The normalized spacial score (nSPS) is 11.0. The monoisotopic (exact) mass is 399 g/mol. The van der Waals surface area contributed by atoms with E-state index in [1.807, 2.05) is 24.3 Å². The first kappa shape index (κ1) is 20.0. The van der Waals surface area contributed by atoms with Gasteiger partial charge in [-0.05, 0) is 40.1 Å². The first-order valence-electron chi connectivity index (χ1n) is 8.94. The fourth-order valence-electron chi connectivity index (χ4n) is 2.64. The molecule has 0 aliphatic rings. The van der Waals surface area contributed by atoms with E-state index < -0.39 is 0 Å². The van der Waals surface area contributed by atoms with Crippen molar-refractivity contribution in [2.75, 3.05) is 12.8 Å². The van der Waals surface area contributed by atoms with E-state index in [9.17, 15) is 9.18 Å². The highest BCUT2D eigenvalue weighted by Crippen LogP contribution is 2.21. The van der Waals surface area contributed by atoms with Crippen LogP contribution in [0.4, 0.5) is 4.39 Å². The smallest absolute Gasteiger partial charge is 0.233 e. The van der Waals surface area contributed by atoms with E-state index in [0.29, 0.717) is 16.6 Å². The summed E-state index contributed by atoms with van der Waals surface area (Å²) >= 11 is 1.25. The van der Waals surface area contributed by atoms with Crippen molar-refractivity contribution in [3.63, 3.8) is 0 Å². The van der Waals surface area contributed by atoms with E-state index in [-0.39, 0.29) is 24.0 Å². The molecular weight excluding hydrogens is 377 g/mol. The van der Waals surface area contributed by atoms with Gasteiger partial charge in [0.05, 0.1) is 11.4 Å². The van der Waals surface area contributed by atoms with E-state index in [2.05, 4.69) is 29.4 Å². The molecule has 1 aromatic heterocycles. The first-order chi connectivity index (χ1) is 13.5. The van der Waals surface area contributed by atoms with Gasteiger partial charge in [0.1, 0.15) is 5.82 Å². The molecule has 6 nitrogen and oxygen atoms in total. The van der Waals surface area contributed by atoms with Crippen LogP contribution in [0, 0.1) is 5.82 Å².